The molecule has 2 aliphatic rings. The number of ether oxygens (including phenoxy) is 1. The van der Waals surface area contributed by atoms with Crippen LogP contribution in [0.4, 0.5) is 28.4 Å². The van der Waals surface area contributed by atoms with Crippen LogP contribution in [0.2, 0.25) is 0 Å². The van der Waals surface area contributed by atoms with Crippen LogP contribution in [0, 0.1) is 6.92 Å². The third-order valence-electron chi connectivity index (χ3n) is 6.62. The molecule has 2 aliphatic heterocycles. The highest BCUT2D eigenvalue weighted by Gasteiger charge is 2.21. The normalized spacial score (nSPS) is 14.8. The van der Waals surface area contributed by atoms with Gasteiger partial charge in [0.2, 0.25) is 11.8 Å². The summed E-state index contributed by atoms with van der Waals surface area (Å²) in [7, 11) is 0. The topological polar surface area (TPSA) is 132 Å². The van der Waals surface area contributed by atoms with E-state index >= 15 is 0 Å². The smallest absolute Gasteiger partial charge is 0.263 e. The number of carbonyl (C=O) groups is 2. The Hall–Kier alpha value is -4.54. The van der Waals surface area contributed by atoms with Gasteiger partial charge in [0.15, 0.2) is 0 Å². The zero-order chi connectivity index (χ0) is 25.9. The minimum absolute atomic E-state index is 0.0340. The number of carbonyl (C=O) groups excluding carboxylic acids is 2. The van der Waals surface area contributed by atoms with Crippen LogP contribution < -0.4 is 31.1 Å². The molecule has 11 nitrogen and oxygen atoms in total. The molecular formula is C26H29N7O4. The molecule has 4 N–H and O–H groups in total. The van der Waals surface area contributed by atoms with Crippen molar-refractivity contribution in [3.63, 3.8) is 0 Å². The number of pyridine rings is 2. The van der Waals surface area contributed by atoms with E-state index in [4.69, 9.17) is 4.74 Å². The van der Waals surface area contributed by atoms with Crippen LogP contribution in [0.15, 0.2) is 47.5 Å². The molecule has 1 fully saturated rings. The van der Waals surface area contributed by atoms with E-state index in [-0.39, 0.29) is 11.5 Å². The summed E-state index contributed by atoms with van der Waals surface area (Å²) in [6.45, 7) is 7.58. The summed E-state index contributed by atoms with van der Waals surface area (Å²) >= 11 is 0. The molecule has 2 aromatic heterocycles. The lowest BCUT2D eigenvalue weighted by Crippen LogP contribution is -2.48. The van der Waals surface area contributed by atoms with Gasteiger partial charge in [0.05, 0.1) is 17.6 Å². The summed E-state index contributed by atoms with van der Waals surface area (Å²) in [6.07, 6.45) is 3.11. The number of aromatic amines is 1. The molecule has 0 aliphatic carbocycles. The molecule has 0 bridgehead atoms. The number of benzene rings is 1. The van der Waals surface area contributed by atoms with Gasteiger partial charge in [0.25, 0.3) is 11.5 Å². The predicted molar refractivity (Wildman–Crippen MR) is 142 cm³/mol. The molecule has 1 aromatic carbocycles. The van der Waals surface area contributed by atoms with Crippen molar-refractivity contribution >= 4 is 40.3 Å². The lowest BCUT2D eigenvalue weighted by Gasteiger charge is -2.35. The molecule has 0 radical (unpaired) electrons. The minimum atomic E-state index is -0.530. The minimum Gasteiger partial charge on any atom is -0.474 e. The van der Waals surface area contributed by atoms with Gasteiger partial charge in [-0.1, -0.05) is 0 Å². The van der Waals surface area contributed by atoms with E-state index in [1.165, 1.54) is 6.20 Å². The van der Waals surface area contributed by atoms with Crippen LogP contribution in [0.25, 0.3) is 0 Å². The molecule has 0 spiro atoms. The first kappa shape index (κ1) is 24.2. The van der Waals surface area contributed by atoms with Crippen molar-refractivity contribution in [1.29, 1.82) is 0 Å². The first-order chi connectivity index (χ1) is 17.9. The Bertz CT molecular complexity index is 1380. The number of hydrogen-bond donors (Lipinski definition) is 4. The fourth-order valence-corrected chi connectivity index (χ4v) is 4.53. The zero-order valence-corrected chi connectivity index (χ0v) is 20.8. The van der Waals surface area contributed by atoms with Crippen molar-refractivity contribution in [2.75, 3.05) is 60.2 Å². The maximum absolute atomic E-state index is 13.2. The van der Waals surface area contributed by atoms with Crippen LogP contribution in [0.5, 0.6) is 5.88 Å². The molecule has 4 heterocycles. The second-order valence-electron chi connectivity index (χ2n) is 8.97. The van der Waals surface area contributed by atoms with E-state index in [1.807, 2.05) is 24.0 Å². The largest absolute Gasteiger partial charge is 0.474 e. The van der Waals surface area contributed by atoms with Crippen molar-refractivity contribution < 1.29 is 14.3 Å². The van der Waals surface area contributed by atoms with Gasteiger partial charge >= 0.3 is 0 Å². The van der Waals surface area contributed by atoms with Gasteiger partial charge < -0.3 is 35.5 Å². The maximum atomic E-state index is 13.2. The van der Waals surface area contributed by atoms with Crippen LogP contribution in [-0.4, -0.2) is 66.0 Å². The quantitative estimate of drug-likeness (QED) is 0.418. The molecule has 2 amide bonds. The lowest BCUT2D eigenvalue weighted by molar-refractivity contribution is -0.129. The highest BCUT2D eigenvalue weighted by atomic mass is 16.5. The number of nitrogens with zero attached hydrogens (tertiary/aromatic N) is 3. The van der Waals surface area contributed by atoms with E-state index in [1.54, 1.807) is 31.3 Å². The van der Waals surface area contributed by atoms with E-state index in [9.17, 15) is 14.4 Å². The summed E-state index contributed by atoms with van der Waals surface area (Å²) in [4.78, 5) is 48.4. The fraction of sp³-hybridized carbons (Fsp3) is 0.308. The molecule has 192 valence electrons. The van der Waals surface area contributed by atoms with Crippen molar-refractivity contribution in [2.24, 2.45) is 0 Å². The van der Waals surface area contributed by atoms with Gasteiger partial charge in [0.1, 0.15) is 17.9 Å². The van der Waals surface area contributed by atoms with E-state index < -0.39 is 11.5 Å². The van der Waals surface area contributed by atoms with Crippen molar-refractivity contribution in [1.82, 2.24) is 14.9 Å². The summed E-state index contributed by atoms with van der Waals surface area (Å²) in [5, 5.41) is 9.29. The molecule has 5 rings (SSSR count). The maximum Gasteiger partial charge on any atom is 0.263 e. The number of hydrogen-bond acceptors (Lipinski definition) is 8. The summed E-state index contributed by atoms with van der Waals surface area (Å²) in [5.41, 5.74) is 3.72. The van der Waals surface area contributed by atoms with Crippen molar-refractivity contribution in [3.05, 3.63) is 64.2 Å². The van der Waals surface area contributed by atoms with Crippen LogP contribution in [0.1, 0.15) is 22.8 Å². The summed E-state index contributed by atoms with van der Waals surface area (Å²) < 4.78 is 5.58. The third kappa shape index (κ3) is 5.06. The van der Waals surface area contributed by atoms with E-state index in [2.05, 4.69) is 30.8 Å². The summed E-state index contributed by atoms with van der Waals surface area (Å²) in [6, 6.07) is 9.09. The molecule has 37 heavy (non-hydrogen) atoms. The fourth-order valence-electron chi connectivity index (χ4n) is 4.53. The van der Waals surface area contributed by atoms with Gasteiger partial charge in [-0.15, -0.1) is 0 Å². The zero-order valence-electron chi connectivity index (χ0n) is 20.8. The Kier molecular flexibility index (Phi) is 6.67. The molecule has 3 aromatic rings. The number of nitrogens with one attached hydrogen (secondary N) is 4. The van der Waals surface area contributed by atoms with E-state index in [0.717, 1.165) is 30.0 Å². The Balaban J connectivity index is 1.31. The number of aromatic nitrogens is 2. The lowest BCUT2D eigenvalue weighted by atomic mass is 10.1. The van der Waals surface area contributed by atoms with Crippen molar-refractivity contribution in [2.45, 2.75) is 13.8 Å². The SMILES string of the molecule is CC(=O)N1CCN(c2ccc(NC(=O)c3c(Nc4cnc5c(c4C)NCCO5)cc[nH]c3=O)cc2)CC1. The number of fused-ring (bicyclic) bond motifs is 1. The van der Waals surface area contributed by atoms with Gasteiger partial charge in [-0.2, -0.15) is 0 Å². The van der Waals surface area contributed by atoms with Gasteiger partial charge in [-0.25, -0.2) is 4.98 Å². The van der Waals surface area contributed by atoms with Crippen LogP contribution in [0.3, 0.4) is 0 Å². The third-order valence-corrected chi connectivity index (χ3v) is 6.62. The van der Waals surface area contributed by atoms with Gasteiger partial charge in [-0.05, 0) is 37.3 Å². The van der Waals surface area contributed by atoms with Crippen LogP contribution in [-0.2, 0) is 4.79 Å². The number of piperazine rings is 1. The predicted octanol–water partition coefficient (Wildman–Crippen LogP) is 2.55. The molecule has 0 atom stereocenters. The van der Waals surface area contributed by atoms with Gasteiger partial charge in [0, 0.05) is 62.8 Å². The number of amides is 2. The Morgan fingerprint density at radius 1 is 1.05 bits per heavy atom. The summed E-state index contributed by atoms with van der Waals surface area (Å²) in [5.74, 6) is 0.0887. The standard InChI is InChI=1S/C26H29N7O4/c1-16-21(15-29-26-23(16)27-9-14-37-26)31-20-7-8-28-24(35)22(20)25(36)30-18-3-5-19(6-4-18)33-12-10-32(11-13-33)17(2)34/h3-8,15,27H,9-14H2,1-2H3,(H,30,36)(H2,28,31,35). The van der Waals surface area contributed by atoms with Crippen LogP contribution >= 0.6 is 0 Å². The first-order valence-corrected chi connectivity index (χ1v) is 12.2. The average molecular weight is 504 g/mol. The Morgan fingerprint density at radius 3 is 2.54 bits per heavy atom. The molecule has 0 unspecified atom stereocenters. The molecule has 1 saturated heterocycles. The average Bonchev–Trinajstić information content (AvgIpc) is 2.91. The monoisotopic (exact) mass is 503 g/mol. The second kappa shape index (κ2) is 10.2. The second-order valence-corrected chi connectivity index (χ2v) is 8.97. The van der Waals surface area contributed by atoms with Crippen molar-refractivity contribution in [3.8, 4) is 5.88 Å². The first-order valence-electron chi connectivity index (χ1n) is 12.2. The highest BCUT2D eigenvalue weighted by molar-refractivity contribution is 6.08. The van der Waals surface area contributed by atoms with Gasteiger partial charge in [-0.3, -0.25) is 14.4 Å². The Morgan fingerprint density at radius 2 is 1.81 bits per heavy atom. The Labute approximate surface area is 213 Å². The molecule has 0 saturated carbocycles. The highest BCUT2D eigenvalue weighted by Crippen LogP contribution is 2.34. The van der Waals surface area contributed by atoms with E-state index in [0.29, 0.717) is 49.2 Å². The number of anilines is 5. The number of rotatable bonds is 5. The number of H-pyrrole nitrogens is 1. The molecule has 11 heteroatoms. The molecular weight excluding hydrogens is 474 g/mol.